The molecule has 1 saturated heterocycles. The summed E-state index contributed by atoms with van der Waals surface area (Å²) in [6.45, 7) is 3.16. The predicted octanol–water partition coefficient (Wildman–Crippen LogP) is 1.79. The Morgan fingerprint density at radius 2 is 2.10 bits per heavy atom. The van der Waals surface area contributed by atoms with E-state index in [4.69, 9.17) is 0 Å². The van der Waals surface area contributed by atoms with Crippen molar-refractivity contribution in [2.45, 2.75) is 19.1 Å². The highest BCUT2D eigenvalue weighted by molar-refractivity contribution is 7.17. The Morgan fingerprint density at radius 1 is 1.33 bits per heavy atom. The summed E-state index contributed by atoms with van der Waals surface area (Å²) in [6, 6.07) is 11.8. The number of hydrogen-bond donors (Lipinski definition) is 3. The number of aryl methyl sites for hydroxylation is 1. The molecule has 110 valence electrons. The molecule has 1 amide bonds. The van der Waals surface area contributed by atoms with Crippen LogP contribution in [0.15, 0.2) is 36.4 Å². The third-order valence-electron chi connectivity index (χ3n) is 3.68. The predicted molar refractivity (Wildman–Crippen MR) is 84.6 cm³/mol. The SMILES string of the molecule is Cc1cc(C(=O)N[C@@H]2CNC[C@H]2O)sc1-c1ccccc1. The van der Waals surface area contributed by atoms with Gasteiger partial charge in [-0.3, -0.25) is 4.79 Å². The number of amides is 1. The molecule has 2 heterocycles. The first-order valence-electron chi connectivity index (χ1n) is 7.00. The minimum atomic E-state index is -0.511. The molecule has 2 atom stereocenters. The molecule has 0 unspecified atom stereocenters. The van der Waals surface area contributed by atoms with E-state index in [1.807, 2.05) is 43.3 Å². The minimum Gasteiger partial charge on any atom is -0.390 e. The average molecular weight is 302 g/mol. The van der Waals surface area contributed by atoms with Gasteiger partial charge in [0.1, 0.15) is 0 Å². The second-order valence-electron chi connectivity index (χ2n) is 5.29. The fraction of sp³-hybridized carbons (Fsp3) is 0.312. The molecule has 2 aromatic rings. The van der Waals surface area contributed by atoms with Crippen LogP contribution in [0.25, 0.3) is 10.4 Å². The van der Waals surface area contributed by atoms with Crippen molar-refractivity contribution in [3.8, 4) is 10.4 Å². The fourth-order valence-corrected chi connectivity index (χ4v) is 3.60. The van der Waals surface area contributed by atoms with Gasteiger partial charge in [0.05, 0.1) is 17.0 Å². The van der Waals surface area contributed by atoms with Crippen LogP contribution in [0.3, 0.4) is 0 Å². The lowest BCUT2D eigenvalue weighted by atomic mass is 10.1. The van der Waals surface area contributed by atoms with Crippen LogP contribution >= 0.6 is 11.3 Å². The molecule has 21 heavy (non-hydrogen) atoms. The monoisotopic (exact) mass is 302 g/mol. The van der Waals surface area contributed by atoms with Crippen molar-refractivity contribution in [3.63, 3.8) is 0 Å². The second-order valence-corrected chi connectivity index (χ2v) is 6.35. The van der Waals surface area contributed by atoms with E-state index in [0.717, 1.165) is 16.0 Å². The molecule has 1 aromatic heterocycles. The summed E-state index contributed by atoms with van der Waals surface area (Å²) >= 11 is 1.49. The van der Waals surface area contributed by atoms with Crippen molar-refractivity contribution in [3.05, 3.63) is 46.8 Å². The van der Waals surface area contributed by atoms with Gasteiger partial charge in [0.2, 0.25) is 0 Å². The Bertz CT molecular complexity index is 639. The van der Waals surface area contributed by atoms with Gasteiger partial charge in [0.25, 0.3) is 5.91 Å². The fourth-order valence-electron chi connectivity index (χ4n) is 2.52. The van der Waals surface area contributed by atoms with E-state index < -0.39 is 6.10 Å². The van der Waals surface area contributed by atoms with Crippen LogP contribution in [0, 0.1) is 6.92 Å². The van der Waals surface area contributed by atoms with E-state index in [1.54, 1.807) is 0 Å². The van der Waals surface area contributed by atoms with Crippen LogP contribution in [-0.2, 0) is 0 Å². The molecule has 0 aliphatic carbocycles. The molecule has 1 aliphatic heterocycles. The molecule has 3 N–H and O–H groups in total. The molecular weight excluding hydrogens is 284 g/mol. The zero-order valence-electron chi connectivity index (χ0n) is 11.8. The largest absolute Gasteiger partial charge is 0.390 e. The molecule has 5 heteroatoms. The van der Waals surface area contributed by atoms with E-state index in [1.165, 1.54) is 11.3 Å². The number of hydrogen-bond acceptors (Lipinski definition) is 4. The van der Waals surface area contributed by atoms with Crippen LogP contribution in [0.1, 0.15) is 15.2 Å². The molecule has 0 radical (unpaired) electrons. The highest BCUT2D eigenvalue weighted by Gasteiger charge is 2.27. The molecule has 1 aromatic carbocycles. The first-order chi connectivity index (χ1) is 10.1. The molecule has 0 saturated carbocycles. The number of thiophene rings is 1. The molecule has 4 nitrogen and oxygen atoms in total. The quantitative estimate of drug-likeness (QED) is 0.810. The van der Waals surface area contributed by atoms with E-state index in [-0.39, 0.29) is 11.9 Å². The molecule has 0 spiro atoms. The standard InChI is InChI=1S/C16H18N2O2S/c1-10-7-14(16(20)18-12-8-17-9-13(12)19)21-15(10)11-5-3-2-4-6-11/h2-7,12-13,17,19H,8-9H2,1H3,(H,18,20)/t12-,13-/m1/s1. The van der Waals surface area contributed by atoms with Crippen LogP contribution in [0.2, 0.25) is 0 Å². The van der Waals surface area contributed by atoms with Crippen LogP contribution in [0.5, 0.6) is 0 Å². The maximum atomic E-state index is 12.3. The summed E-state index contributed by atoms with van der Waals surface area (Å²) in [5.74, 6) is -0.113. The number of benzene rings is 1. The van der Waals surface area contributed by atoms with Crippen molar-refractivity contribution >= 4 is 17.2 Å². The van der Waals surface area contributed by atoms with Gasteiger partial charge < -0.3 is 15.7 Å². The summed E-state index contributed by atoms with van der Waals surface area (Å²) in [7, 11) is 0. The molecule has 0 bridgehead atoms. The summed E-state index contributed by atoms with van der Waals surface area (Å²) in [5, 5.41) is 15.7. The number of aliphatic hydroxyl groups is 1. The third kappa shape index (κ3) is 3.00. The second kappa shape index (κ2) is 5.97. The van der Waals surface area contributed by atoms with Gasteiger partial charge in [0, 0.05) is 18.0 Å². The Balaban J connectivity index is 1.79. The zero-order valence-corrected chi connectivity index (χ0v) is 12.6. The van der Waals surface area contributed by atoms with Gasteiger partial charge >= 0.3 is 0 Å². The van der Waals surface area contributed by atoms with E-state index in [0.29, 0.717) is 18.0 Å². The average Bonchev–Trinajstić information content (AvgIpc) is 3.07. The van der Waals surface area contributed by atoms with Crippen LogP contribution in [-0.4, -0.2) is 36.2 Å². The maximum Gasteiger partial charge on any atom is 0.261 e. The lowest BCUT2D eigenvalue weighted by Crippen LogP contribution is -2.42. The van der Waals surface area contributed by atoms with Crippen molar-refractivity contribution in [2.75, 3.05) is 13.1 Å². The Labute approximate surface area is 127 Å². The maximum absolute atomic E-state index is 12.3. The molecule has 3 rings (SSSR count). The Hall–Kier alpha value is -1.69. The lowest BCUT2D eigenvalue weighted by Gasteiger charge is -2.14. The number of carbonyl (C=O) groups excluding carboxylic acids is 1. The van der Waals surface area contributed by atoms with Gasteiger partial charge in [-0.15, -0.1) is 11.3 Å². The summed E-state index contributed by atoms with van der Waals surface area (Å²) in [6.07, 6.45) is -0.511. The van der Waals surface area contributed by atoms with E-state index >= 15 is 0 Å². The number of aliphatic hydroxyl groups excluding tert-OH is 1. The topological polar surface area (TPSA) is 61.4 Å². The van der Waals surface area contributed by atoms with Gasteiger partial charge in [0.15, 0.2) is 0 Å². The molecule has 1 fully saturated rings. The molecular formula is C16H18N2O2S. The summed E-state index contributed by atoms with van der Waals surface area (Å²) in [5.41, 5.74) is 2.23. The van der Waals surface area contributed by atoms with E-state index in [9.17, 15) is 9.90 Å². The highest BCUT2D eigenvalue weighted by atomic mass is 32.1. The van der Waals surface area contributed by atoms with Crippen LogP contribution in [0.4, 0.5) is 0 Å². The van der Waals surface area contributed by atoms with Gasteiger partial charge in [-0.25, -0.2) is 0 Å². The summed E-state index contributed by atoms with van der Waals surface area (Å²) in [4.78, 5) is 14.1. The van der Waals surface area contributed by atoms with Crippen molar-refractivity contribution in [2.24, 2.45) is 0 Å². The first kappa shape index (κ1) is 14.3. The normalized spacial score (nSPS) is 21.4. The minimum absolute atomic E-state index is 0.113. The number of β-amino-alcohol motifs (C(OH)–C–C–N with tert-alkyl or cyclic N) is 1. The number of rotatable bonds is 3. The number of carbonyl (C=O) groups is 1. The molecule has 1 aliphatic rings. The summed E-state index contributed by atoms with van der Waals surface area (Å²) < 4.78 is 0. The Morgan fingerprint density at radius 3 is 2.76 bits per heavy atom. The van der Waals surface area contributed by atoms with E-state index in [2.05, 4.69) is 10.6 Å². The van der Waals surface area contributed by atoms with Crippen LogP contribution < -0.4 is 10.6 Å². The Kier molecular flexibility index (Phi) is 4.05. The first-order valence-corrected chi connectivity index (χ1v) is 7.82. The third-order valence-corrected chi connectivity index (χ3v) is 4.96. The zero-order chi connectivity index (χ0) is 14.8. The number of nitrogens with one attached hydrogen (secondary N) is 2. The van der Waals surface area contributed by atoms with Crippen molar-refractivity contribution < 1.29 is 9.90 Å². The van der Waals surface area contributed by atoms with Crippen molar-refractivity contribution in [1.82, 2.24) is 10.6 Å². The van der Waals surface area contributed by atoms with Gasteiger partial charge in [-0.05, 0) is 24.1 Å². The smallest absolute Gasteiger partial charge is 0.261 e. The highest BCUT2D eigenvalue weighted by Crippen LogP contribution is 2.32. The van der Waals surface area contributed by atoms with Crippen molar-refractivity contribution in [1.29, 1.82) is 0 Å². The van der Waals surface area contributed by atoms with Gasteiger partial charge in [-0.2, -0.15) is 0 Å². The van der Waals surface area contributed by atoms with Gasteiger partial charge in [-0.1, -0.05) is 30.3 Å². The lowest BCUT2D eigenvalue weighted by molar-refractivity contribution is 0.0892.